The number of rotatable bonds is 8. The number of anilines is 3. The van der Waals surface area contributed by atoms with E-state index in [0.29, 0.717) is 23.0 Å². The van der Waals surface area contributed by atoms with E-state index in [9.17, 15) is 13.5 Å². The van der Waals surface area contributed by atoms with Crippen LogP contribution in [0.1, 0.15) is 64.7 Å². The molecule has 5 rings (SSSR count). The number of sulfonamides is 1. The Morgan fingerprint density at radius 3 is 2.39 bits per heavy atom. The molecule has 194 valence electrons. The first-order valence-corrected chi connectivity index (χ1v) is 14.5. The lowest BCUT2D eigenvalue weighted by Crippen LogP contribution is -2.36. The van der Waals surface area contributed by atoms with Gasteiger partial charge in [-0.2, -0.15) is 9.97 Å². The predicted octanol–water partition coefficient (Wildman–Crippen LogP) is 3.92. The Morgan fingerprint density at radius 1 is 0.972 bits per heavy atom. The van der Waals surface area contributed by atoms with Crippen molar-refractivity contribution in [1.82, 2.24) is 24.2 Å². The first-order valence-electron chi connectivity index (χ1n) is 13.0. The summed E-state index contributed by atoms with van der Waals surface area (Å²) in [5.74, 6) is 1.07. The molecule has 0 bridgehead atoms. The highest BCUT2D eigenvalue weighted by atomic mass is 32.2. The van der Waals surface area contributed by atoms with Gasteiger partial charge in [0.2, 0.25) is 16.0 Å². The third kappa shape index (κ3) is 5.63. The van der Waals surface area contributed by atoms with Crippen molar-refractivity contribution in [2.45, 2.75) is 94.3 Å². The van der Waals surface area contributed by atoms with Crippen molar-refractivity contribution in [3.63, 3.8) is 0 Å². The van der Waals surface area contributed by atoms with Gasteiger partial charge < -0.3 is 20.3 Å². The van der Waals surface area contributed by atoms with Gasteiger partial charge in [0, 0.05) is 24.3 Å². The average molecular weight is 514 g/mol. The SMILES string of the molecule is CCn1cnc2c(Nc3ccc(S(=O)(=O)NC4CCCCC4)cc3)nc(N[C@H]3CC[C@H](O)CC3)nc21. The quantitative estimate of drug-likeness (QED) is 0.356. The van der Waals surface area contributed by atoms with Gasteiger partial charge in [0.05, 0.1) is 17.3 Å². The Morgan fingerprint density at radius 2 is 1.69 bits per heavy atom. The van der Waals surface area contributed by atoms with Gasteiger partial charge in [-0.1, -0.05) is 19.3 Å². The fourth-order valence-electron chi connectivity index (χ4n) is 5.09. The number of aliphatic hydroxyl groups excluding tert-OH is 1. The Bertz CT molecular complexity index is 1280. The Labute approximate surface area is 212 Å². The molecule has 2 heterocycles. The molecule has 3 aromatic rings. The maximum absolute atomic E-state index is 12.8. The van der Waals surface area contributed by atoms with E-state index in [0.717, 1.165) is 63.6 Å². The van der Waals surface area contributed by atoms with E-state index in [4.69, 9.17) is 9.97 Å². The van der Waals surface area contributed by atoms with Crippen molar-refractivity contribution >= 4 is 38.6 Å². The molecule has 0 atom stereocenters. The van der Waals surface area contributed by atoms with Crippen molar-refractivity contribution in [3.8, 4) is 0 Å². The third-order valence-electron chi connectivity index (χ3n) is 7.19. The number of aromatic nitrogens is 4. The first-order chi connectivity index (χ1) is 17.4. The van der Waals surface area contributed by atoms with Gasteiger partial charge in [0.1, 0.15) is 0 Å². The van der Waals surface area contributed by atoms with Crippen molar-refractivity contribution in [3.05, 3.63) is 30.6 Å². The predicted molar refractivity (Wildman–Crippen MR) is 140 cm³/mol. The number of fused-ring (bicyclic) bond motifs is 1. The number of nitrogens with one attached hydrogen (secondary N) is 3. The second-order valence-corrected chi connectivity index (χ2v) is 11.6. The summed E-state index contributed by atoms with van der Waals surface area (Å²) >= 11 is 0. The molecule has 11 heteroatoms. The van der Waals surface area contributed by atoms with Crippen LogP contribution in [0.3, 0.4) is 0 Å². The monoisotopic (exact) mass is 513 g/mol. The van der Waals surface area contributed by atoms with Crippen LogP contribution >= 0.6 is 0 Å². The lowest BCUT2D eigenvalue weighted by atomic mass is 9.93. The summed E-state index contributed by atoms with van der Waals surface area (Å²) in [6.45, 7) is 2.76. The minimum Gasteiger partial charge on any atom is -0.393 e. The highest BCUT2D eigenvalue weighted by molar-refractivity contribution is 7.89. The molecule has 0 radical (unpaired) electrons. The van der Waals surface area contributed by atoms with Crippen LogP contribution in [0.2, 0.25) is 0 Å². The molecule has 4 N–H and O–H groups in total. The Hall–Kier alpha value is -2.76. The lowest BCUT2D eigenvalue weighted by Gasteiger charge is -2.26. The zero-order valence-corrected chi connectivity index (χ0v) is 21.5. The summed E-state index contributed by atoms with van der Waals surface area (Å²) < 4.78 is 30.5. The molecule has 10 nitrogen and oxygen atoms in total. The minimum absolute atomic E-state index is 0.0166. The normalized spacial score (nSPS) is 21.5. The number of aryl methyl sites for hydroxylation is 1. The van der Waals surface area contributed by atoms with Gasteiger partial charge in [-0.3, -0.25) is 0 Å². The molecule has 0 spiro atoms. The van der Waals surface area contributed by atoms with Crippen molar-refractivity contribution in [1.29, 1.82) is 0 Å². The lowest BCUT2D eigenvalue weighted by molar-refractivity contribution is 0.126. The van der Waals surface area contributed by atoms with Crippen LogP contribution in [0.4, 0.5) is 17.5 Å². The highest BCUT2D eigenvalue weighted by Gasteiger charge is 2.23. The molecule has 2 aromatic heterocycles. The summed E-state index contributed by atoms with van der Waals surface area (Å²) in [6.07, 6.45) is 9.88. The summed E-state index contributed by atoms with van der Waals surface area (Å²) in [5.41, 5.74) is 2.09. The van der Waals surface area contributed by atoms with Gasteiger partial charge in [0.25, 0.3) is 0 Å². The number of benzene rings is 1. The van der Waals surface area contributed by atoms with E-state index in [1.807, 2.05) is 11.5 Å². The zero-order chi connectivity index (χ0) is 25.1. The molecule has 0 amide bonds. The maximum Gasteiger partial charge on any atom is 0.240 e. The van der Waals surface area contributed by atoms with Crippen molar-refractivity contribution in [2.75, 3.05) is 10.6 Å². The van der Waals surface area contributed by atoms with E-state index in [1.54, 1.807) is 30.6 Å². The average Bonchev–Trinajstić information content (AvgIpc) is 3.29. The summed E-state index contributed by atoms with van der Waals surface area (Å²) in [5, 5.41) is 16.5. The molecule has 1 aromatic carbocycles. The fourth-order valence-corrected chi connectivity index (χ4v) is 6.40. The topological polar surface area (TPSA) is 134 Å². The number of nitrogens with zero attached hydrogens (tertiary/aromatic N) is 4. The number of imidazole rings is 1. The van der Waals surface area contributed by atoms with Crippen molar-refractivity contribution < 1.29 is 13.5 Å². The number of hydrogen-bond donors (Lipinski definition) is 4. The highest BCUT2D eigenvalue weighted by Crippen LogP contribution is 2.27. The molecular formula is C25H35N7O3S. The van der Waals surface area contributed by atoms with Gasteiger partial charge in [-0.25, -0.2) is 18.1 Å². The van der Waals surface area contributed by atoms with Crippen LogP contribution in [0.5, 0.6) is 0 Å². The summed E-state index contributed by atoms with van der Waals surface area (Å²) in [4.78, 5) is 14.2. The van der Waals surface area contributed by atoms with E-state index < -0.39 is 10.0 Å². The second kappa shape index (κ2) is 10.7. The van der Waals surface area contributed by atoms with Gasteiger partial charge >= 0.3 is 0 Å². The van der Waals surface area contributed by atoms with Gasteiger partial charge in [-0.15, -0.1) is 0 Å². The zero-order valence-electron chi connectivity index (χ0n) is 20.7. The molecule has 0 saturated heterocycles. The van der Waals surface area contributed by atoms with Crippen LogP contribution in [0.15, 0.2) is 35.5 Å². The second-order valence-electron chi connectivity index (χ2n) is 9.85. The van der Waals surface area contributed by atoms with Crippen LogP contribution in [-0.4, -0.2) is 51.2 Å². The largest absolute Gasteiger partial charge is 0.393 e. The van der Waals surface area contributed by atoms with E-state index in [2.05, 4.69) is 20.3 Å². The standard InChI is InChI=1S/C25H35N7O3S/c1-2-32-16-26-22-23(29-25(30-24(22)32)28-18-8-12-20(33)13-9-18)27-17-10-14-21(15-11-17)36(34,35)31-19-6-4-3-5-7-19/h10-11,14-16,18-20,31,33H,2-9,12-13H2,1H3,(H2,27,28,29,30)/t18-,20-. The van der Waals surface area contributed by atoms with E-state index >= 15 is 0 Å². The van der Waals surface area contributed by atoms with E-state index in [-0.39, 0.29) is 23.1 Å². The summed E-state index contributed by atoms with van der Waals surface area (Å²) in [6, 6.07) is 6.94. The van der Waals surface area contributed by atoms with Gasteiger partial charge in [0.15, 0.2) is 17.0 Å². The molecule has 0 unspecified atom stereocenters. The first kappa shape index (κ1) is 24.9. The molecule has 2 fully saturated rings. The molecule has 2 aliphatic rings. The molecule has 0 aliphatic heterocycles. The van der Waals surface area contributed by atoms with E-state index in [1.165, 1.54) is 6.42 Å². The maximum atomic E-state index is 12.8. The molecular weight excluding hydrogens is 478 g/mol. The number of aliphatic hydroxyl groups is 1. The fraction of sp³-hybridized carbons (Fsp3) is 0.560. The van der Waals surface area contributed by atoms with Crippen LogP contribution in [0, 0.1) is 0 Å². The van der Waals surface area contributed by atoms with Crippen LogP contribution in [0.25, 0.3) is 11.2 Å². The Balaban J connectivity index is 1.35. The van der Waals surface area contributed by atoms with Gasteiger partial charge in [-0.05, 0) is 69.7 Å². The number of hydrogen-bond acceptors (Lipinski definition) is 8. The third-order valence-corrected chi connectivity index (χ3v) is 8.73. The smallest absolute Gasteiger partial charge is 0.240 e. The Kier molecular flexibility index (Phi) is 7.40. The molecule has 36 heavy (non-hydrogen) atoms. The van der Waals surface area contributed by atoms with Crippen LogP contribution < -0.4 is 15.4 Å². The molecule has 2 aliphatic carbocycles. The molecule has 2 saturated carbocycles. The van der Waals surface area contributed by atoms with Crippen LogP contribution in [-0.2, 0) is 16.6 Å². The summed E-state index contributed by atoms with van der Waals surface area (Å²) in [7, 11) is -3.56. The minimum atomic E-state index is -3.56. The van der Waals surface area contributed by atoms with Crippen molar-refractivity contribution in [2.24, 2.45) is 0 Å².